The maximum Gasteiger partial charge on any atom is 0.307 e. The van der Waals surface area contributed by atoms with Crippen LogP contribution < -0.4 is 5.32 Å². The molecule has 2 aromatic rings. The van der Waals surface area contributed by atoms with Gasteiger partial charge in [-0.1, -0.05) is 0 Å². The van der Waals surface area contributed by atoms with Gasteiger partial charge >= 0.3 is 5.97 Å². The van der Waals surface area contributed by atoms with Gasteiger partial charge in [-0.15, -0.1) is 0 Å². The maximum atomic E-state index is 12.0. The molecule has 1 amide bonds. The second-order valence-corrected chi connectivity index (χ2v) is 5.06. The number of rotatable bonds is 4. The Morgan fingerprint density at radius 2 is 1.90 bits per heavy atom. The van der Waals surface area contributed by atoms with Gasteiger partial charge in [0, 0.05) is 11.3 Å². The summed E-state index contributed by atoms with van der Waals surface area (Å²) in [5.41, 5.74) is 1.50. The van der Waals surface area contributed by atoms with Crippen molar-refractivity contribution < 1.29 is 19.1 Å². The summed E-state index contributed by atoms with van der Waals surface area (Å²) in [6.45, 7) is 0. The number of amides is 1. The third-order valence-electron chi connectivity index (χ3n) is 3.80. The molecule has 1 fully saturated rings. The van der Waals surface area contributed by atoms with Crippen LogP contribution in [-0.2, 0) is 9.59 Å². The van der Waals surface area contributed by atoms with Crippen molar-refractivity contribution in [3.05, 3.63) is 36.9 Å². The molecular weight excluding hydrogens is 272 g/mol. The summed E-state index contributed by atoms with van der Waals surface area (Å²) in [6.07, 6.45) is 4.16. The van der Waals surface area contributed by atoms with Crippen molar-refractivity contribution in [3.63, 3.8) is 0 Å². The van der Waals surface area contributed by atoms with Gasteiger partial charge in [0.25, 0.3) is 0 Å². The van der Waals surface area contributed by atoms with Crippen molar-refractivity contribution in [2.75, 3.05) is 5.32 Å². The summed E-state index contributed by atoms with van der Waals surface area (Å²) >= 11 is 0. The third-order valence-corrected chi connectivity index (χ3v) is 3.80. The van der Waals surface area contributed by atoms with E-state index in [2.05, 4.69) is 10.3 Å². The zero-order valence-corrected chi connectivity index (χ0v) is 11.2. The van der Waals surface area contributed by atoms with Gasteiger partial charge in [-0.05, 0) is 37.1 Å². The molecule has 1 aromatic carbocycles. The molecule has 6 nitrogen and oxygen atoms in total. The Balaban J connectivity index is 1.65. The molecule has 0 saturated heterocycles. The highest BCUT2D eigenvalue weighted by atomic mass is 16.4. The van der Waals surface area contributed by atoms with Crippen LogP contribution in [0.1, 0.15) is 12.8 Å². The number of hydrogen-bond donors (Lipinski definition) is 2. The Kier molecular flexibility index (Phi) is 3.43. The first-order chi connectivity index (χ1) is 10.1. The number of nitrogens with zero attached hydrogens (tertiary/aromatic N) is 1. The minimum atomic E-state index is -0.901. The maximum absolute atomic E-state index is 12.0. The summed E-state index contributed by atoms with van der Waals surface area (Å²) in [4.78, 5) is 26.8. The largest absolute Gasteiger partial charge is 0.481 e. The summed E-state index contributed by atoms with van der Waals surface area (Å²) in [5.74, 6) is -1.48. The smallest absolute Gasteiger partial charge is 0.307 e. The van der Waals surface area contributed by atoms with Crippen molar-refractivity contribution in [1.29, 1.82) is 0 Å². The standard InChI is InChI=1S/C15H14N2O4/c18-14(11-5-6-12(11)15(19)20)17-10-3-1-9(2-4-10)13-7-16-8-21-13/h1-4,7-8,11-12H,5-6H2,(H,17,18)(H,19,20). The van der Waals surface area contributed by atoms with Crippen LogP contribution in [0.15, 0.2) is 41.3 Å². The lowest BCUT2D eigenvalue weighted by molar-refractivity contribution is -0.151. The molecular formula is C15H14N2O4. The SMILES string of the molecule is O=C(O)C1CCC1C(=O)Nc1ccc(-c2cnco2)cc1. The van der Waals surface area contributed by atoms with E-state index in [9.17, 15) is 9.59 Å². The molecule has 1 aromatic heterocycles. The Morgan fingerprint density at radius 3 is 2.43 bits per heavy atom. The fourth-order valence-corrected chi connectivity index (χ4v) is 2.42. The van der Waals surface area contributed by atoms with E-state index < -0.39 is 17.8 Å². The van der Waals surface area contributed by atoms with Gasteiger partial charge in [0.2, 0.25) is 5.91 Å². The van der Waals surface area contributed by atoms with E-state index in [4.69, 9.17) is 9.52 Å². The van der Waals surface area contributed by atoms with Crippen LogP contribution in [0.2, 0.25) is 0 Å². The lowest BCUT2D eigenvalue weighted by atomic mass is 9.73. The van der Waals surface area contributed by atoms with E-state index in [0.717, 1.165) is 5.56 Å². The number of oxazole rings is 1. The minimum absolute atomic E-state index is 0.235. The molecule has 108 valence electrons. The van der Waals surface area contributed by atoms with Gasteiger partial charge in [0.05, 0.1) is 18.0 Å². The van der Waals surface area contributed by atoms with E-state index in [-0.39, 0.29) is 5.91 Å². The first-order valence-electron chi connectivity index (χ1n) is 6.68. The molecule has 0 spiro atoms. The van der Waals surface area contributed by atoms with Gasteiger partial charge in [-0.3, -0.25) is 9.59 Å². The monoisotopic (exact) mass is 286 g/mol. The molecule has 2 N–H and O–H groups in total. The number of anilines is 1. The summed E-state index contributed by atoms with van der Waals surface area (Å²) in [7, 11) is 0. The number of nitrogens with one attached hydrogen (secondary N) is 1. The molecule has 1 heterocycles. The molecule has 2 unspecified atom stereocenters. The van der Waals surface area contributed by atoms with Crippen LogP contribution in [0.5, 0.6) is 0 Å². The quantitative estimate of drug-likeness (QED) is 0.900. The lowest BCUT2D eigenvalue weighted by Crippen LogP contribution is -2.41. The Labute approximate surface area is 120 Å². The first-order valence-corrected chi connectivity index (χ1v) is 6.68. The zero-order valence-electron chi connectivity index (χ0n) is 11.2. The van der Waals surface area contributed by atoms with Crippen LogP contribution in [0.3, 0.4) is 0 Å². The van der Waals surface area contributed by atoms with Gasteiger partial charge in [0.1, 0.15) is 0 Å². The van der Waals surface area contributed by atoms with Crippen molar-refractivity contribution >= 4 is 17.6 Å². The van der Waals surface area contributed by atoms with Crippen molar-refractivity contribution in [1.82, 2.24) is 4.98 Å². The summed E-state index contributed by atoms with van der Waals surface area (Å²) in [6, 6.07) is 7.13. The first kappa shape index (κ1) is 13.4. The van der Waals surface area contributed by atoms with Gasteiger partial charge in [0.15, 0.2) is 12.2 Å². The number of carboxylic acid groups (broad SMARTS) is 1. The fraction of sp³-hybridized carbons (Fsp3) is 0.267. The molecule has 6 heteroatoms. The predicted molar refractivity (Wildman–Crippen MR) is 74.4 cm³/mol. The van der Waals surface area contributed by atoms with Crippen LogP contribution in [0.25, 0.3) is 11.3 Å². The molecule has 1 saturated carbocycles. The Hall–Kier alpha value is -2.63. The molecule has 0 aliphatic heterocycles. The van der Waals surface area contributed by atoms with E-state index in [1.165, 1.54) is 6.39 Å². The highest BCUT2D eigenvalue weighted by Gasteiger charge is 2.41. The molecule has 0 radical (unpaired) electrons. The number of carboxylic acids is 1. The summed E-state index contributed by atoms with van der Waals surface area (Å²) in [5, 5.41) is 11.7. The molecule has 1 aliphatic carbocycles. The van der Waals surface area contributed by atoms with Crippen LogP contribution in [0.4, 0.5) is 5.69 Å². The Morgan fingerprint density at radius 1 is 1.19 bits per heavy atom. The van der Waals surface area contributed by atoms with Crippen LogP contribution >= 0.6 is 0 Å². The highest BCUT2D eigenvalue weighted by Crippen LogP contribution is 2.35. The average molecular weight is 286 g/mol. The predicted octanol–water partition coefficient (Wildman–Crippen LogP) is 2.39. The number of aromatic nitrogens is 1. The van der Waals surface area contributed by atoms with Gasteiger partial charge < -0.3 is 14.8 Å². The topological polar surface area (TPSA) is 92.4 Å². The molecule has 1 aliphatic rings. The normalized spacial score (nSPS) is 20.6. The average Bonchev–Trinajstić information content (AvgIpc) is 2.91. The van der Waals surface area contributed by atoms with E-state index in [1.54, 1.807) is 18.3 Å². The second-order valence-electron chi connectivity index (χ2n) is 5.06. The second kappa shape index (κ2) is 5.40. The summed E-state index contributed by atoms with van der Waals surface area (Å²) < 4.78 is 5.18. The zero-order chi connectivity index (χ0) is 14.8. The van der Waals surface area contributed by atoms with Crippen molar-refractivity contribution in [3.8, 4) is 11.3 Å². The molecule has 21 heavy (non-hydrogen) atoms. The van der Waals surface area contributed by atoms with E-state index in [1.807, 2.05) is 12.1 Å². The number of carbonyl (C=O) groups excluding carboxylic acids is 1. The third kappa shape index (κ3) is 2.65. The number of benzene rings is 1. The minimum Gasteiger partial charge on any atom is -0.481 e. The van der Waals surface area contributed by atoms with Crippen molar-refractivity contribution in [2.45, 2.75) is 12.8 Å². The lowest BCUT2D eigenvalue weighted by Gasteiger charge is -2.31. The van der Waals surface area contributed by atoms with Gasteiger partial charge in [-0.2, -0.15) is 0 Å². The Bertz CT molecular complexity index is 649. The van der Waals surface area contributed by atoms with E-state index in [0.29, 0.717) is 24.3 Å². The number of hydrogen-bond acceptors (Lipinski definition) is 4. The molecule has 2 atom stereocenters. The van der Waals surface area contributed by atoms with Crippen LogP contribution in [0, 0.1) is 11.8 Å². The highest BCUT2D eigenvalue weighted by molar-refractivity contribution is 5.96. The van der Waals surface area contributed by atoms with Crippen molar-refractivity contribution in [2.24, 2.45) is 11.8 Å². The van der Waals surface area contributed by atoms with E-state index >= 15 is 0 Å². The van der Waals surface area contributed by atoms with Crippen LogP contribution in [-0.4, -0.2) is 22.0 Å². The van der Waals surface area contributed by atoms with Gasteiger partial charge in [-0.25, -0.2) is 4.98 Å². The molecule has 0 bridgehead atoms. The fourth-order valence-electron chi connectivity index (χ4n) is 2.42. The number of carbonyl (C=O) groups is 2. The molecule has 3 rings (SSSR count). The number of aliphatic carboxylic acids is 1.